The number of benzene rings is 2. The molecule has 0 saturated heterocycles. The van der Waals surface area contributed by atoms with E-state index in [1.54, 1.807) is 24.6 Å². The van der Waals surface area contributed by atoms with Crippen molar-refractivity contribution >= 4 is 28.9 Å². The monoisotopic (exact) mass is 488 g/mol. The van der Waals surface area contributed by atoms with Crippen LogP contribution in [0.15, 0.2) is 60.0 Å². The van der Waals surface area contributed by atoms with Crippen LogP contribution in [0.3, 0.4) is 0 Å². The standard InChI is InChI=1S/C26H24N4O4S/c1-33-22-13-6-5-11-20(22)28-23(31)14-24-27-17(16-35-24)15-34-26(32)25-19-10-7-12-21(19)30(29-25)18-8-3-2-4-9-18/h2-6,8-9,11,13,16H,7,10,12,14-15H2,1H3,(H,28,31). The third-order valence-electron chi connectivity index (χ3n) is 5.77. The zero-order chi connectivity index (χ0) is 24.2. The van der Waals surface area contributed by atoms with Gasteiger partial charge in [0, 0.05) is 16.6 Å². The number of hydrogen-bond acceptors (Lipinski definition) is 7. The van der Waals surface area contributed by atoms with Gasteiger partial charge in [0.15, 0.2) is 5.69 Å². The first kappa shape index (κ1) is 22.8. The number of esters is 1. The highest BCUT2D eigenvalue weighted by atomic mass is 32.1. The molecule has 0 bridgehead atoms. The fourth-order valence-corrected chi connectivity index (χ4v) is 4.95. The number of aromatic nitrogens is 3. The van der Waals surface area contributed by atoms with E-state index >= 15 is 0 Å². The van der Waals surface area contributed by atoms with Gasteiger partial charge in [0.2, 0.25) is 5.91 Å². The van der Waals surface area contributed by atoms with Gasteiger partial charge in [-0.25, -0.2) is 14.5 Å². The number of nitrogens with one attached hydrogen (secondary N) is 1. The topological polar surface area (TPSA) is 95.3 Å². The van der Waals surface area contributed by atoms with Crippen LogP contribution in [0.1, 0.15) is 38.9 Å². The lowest BCUT2D eigenvalue weighted by Gasteiger charge is -2.08. The maximum atomic E-state index is 12.9. The summed E-state index contributed by atoms with van der Waals surface area (Å²) in [6, 6.07) is 17.0. The number of anilines is 1. The van der Waals surface area contributed by atoms with E-state index < -0.39 is 5.97 Å². The summed E-state index contributed by atoms with van der Waals surface area (Å²) in [5.74, 6) is -0.0653. The van der Waals surface area contributed by atoms with Gasteiger partial charge in [0.25, 0.3) is 0 Å². The number of para-hydroxylation sites is 3. The summed E-state index contributed by atoms with van der Waals surface area (Å²) in [6.07, 6.45) is 2.81. The molecule has 0 aliphatic heterocycles. The maximum absolute atomic E-state index is 12.9. The molecule has 0 unspecified atom stereocenters. The molecular formula is C26H24N4O4S. The SMILES string of the molecule is COc1ccccc1NC(=O)Cc1nc(COC(=O)c2nn(-c3ccccc3)c3c2CCC3)cs1. The molecule has 2 aromatic carbocycles. The quantitative estimate of drug-likeness (QED) is 0.370. The van der Waals surface area contributed by atoms with E-state index in [1.807, 2.05) is 47.1 Å². The molecule has 2 aromatic heterocycles. The fourth-order valence-electron chi connectivity index (χ4n) is 4.17. The van der Waals surface area contributed by atoms with Crippen molar-refractivity contribution in [3.8, 4) is 11.4 Å². The normalized spacial score (nSPS) is 12.3. The first-order valence-electron chi connectivity index (χ1n) is 11.3. The lowest BCUT2D eigenvalue weighted by atomic mass is 10.2. The van der Waals surface area contributed by atoms with Gasteiger partial charge in [-0.15, -0.1) is 11.3 Å². The number of carbonyl (C=O) groups excluding carboxylic acids is 2. The van der Waals surface area contributed by atoms with Crippen molar-refractivity contribution in [2.75, 3.05) is 12.4 Å². The van der Waals surface area contributed by atoms with Crippen LogP contribution in [0.25, 0.3) is 5.69 Å². The van der Waals surface area contributed by atoms with E-state index in [1.165, 1.54) is 11.3 Å². The van der Waals surface area contributed by atoms with Gasteiger partial charge in [0.1, 0.15) is 17.4 Å². The van der Waals surface area contributed by atoms with E-state index in [0.29, 0.717) is 27.8 Å². The Morgan fingerprint density at radius 3 is 2.71 bits per heavy atom. The van der Waals surface area contributed by atoms with Gasteiger partial charge in [0.05, 0.1) is 30.6 Å². The highest BCUT2D eigenvalue weighted by Crippen LogP contribution is 2.28. The Kier molecular flexibility index (Phi) is 6.58. The molecule has 9 heteroatoms. The summed E-state index contributed by atoms with van der Waals surface area (Å²) >= 11 is 1.35. The summed E-state index contributed by atoms with van der Waals surface area (Å²) in [7, 11) is 1.56. The Hall–Kier alpha value is -3.98. The highest BCUT2D eigenvalue weighted by molar-refractivity contribution is 7.09. The smallest absolute Gasteiger partial charge is 0.359 e. The molecular weight excluding hydrogens is 464 g/mol. The minimum atomic E-state index is -0.457. The second-order valence-electron chi connectivity index (χ2n) is 8.11. The number of methoxy groups -OCH3 is 1. The van der Waals surface area contributed by atoms with Crippen molar-refractivity contribution in [3.05, 3.63) is 87.6 Å². The van der Waals surface area contributed by atoms with Crippen molar-refractivity contribution in [2.45, 2.75) is 32.3 Å². The van der Waals surface area contributed by atoms with Crippen molar-refractivity contribution in [3.63, 3.8) is 0 Å². The zero-order valence-electron chi connectivity index (χ0n) is 19.2. The zero-order valence-corrected chi connectivity index (χ0v) is 20.0. The summed E-state index contributed by atoms with van der Waals surface area (Å²) in [5.41, 5.74) is 4.54. The molecule has 0 atom stereocenters. The summed E-state index contributed by atoms with van der Waals surface area (Å²) < 4.78 is 12.7. The van der Waals surface area contributed by atoms with Crippen molar-refractivity contribution < 1.29 is 19.1 Å². The van der Waals surface area contributed by atoms with Crippen LogP contribution in [0.2, 0.25) is 0 Å². The van der Waals surface area contributed by atoms with E-state index in [9.17, 15) is 9.59 Å². The fraction of sp³-hybridized carbons (Fsp3) is 0.231. The number of ether oxygens (including phenoxy) is 2. The highest BCUT2D eigenvalue weighted by Gasteiger charge is 2.28. The van der Waals surface area contributed by atoms with Crippen LogP contribution in [0.4, 0.5) is 5.69 Å². The van der Waals surface area contributed by atoms with E-state index in [2.05, 4.69) is 15.4 Å². The Bertz CT molecular complexity index is 1360. The van der Waals surface area contributed by atoms with E-state index in [4.69, 9.17) is 9.47 Å². The molecule has 1 N–H and O–H groups in total. The minimum absolute atomic E-state index is 0.0242. The van der Waals surface area contributed by atoms with Crippen molar-refractivity contribution in [1.29, 1.82) is 0 Å². The van der Waals surface area contributed by atoms with Crippen LogP contribution in [0, 0.1) is 0 Å². The molecule has 178 valence electrons. The lowest BCUT2D eigenvalue weighted by molar-refractivity contribution is -0.115. The Morgan fingerprint density at radius 2 is 1.89 bits per heavy atom. The molecule has 0 fully saturated rings. The van der Waals surface area contributed by atoms with Crippen molar-refractivity contribution in [1.82, 2.24) is 14.8 Å². The second kappa shape index (κ2) is 10.1. The first-order chi connectivity index (χ1) is 17.1. The van der Waals surface area contributed by atoms with Gasteiger partial charge < -0.3 is 14.8 Å². The Balaban J connectivity index is 1.21. The summed E-state index contributed by atoms with van der Waals surface area (Å²) in [5, 5.41) is 9.85. The molecule has 1 aliphatic carbocycles. The minimum Gasteiger partial charge on any atom is -0.495 e. The number of fused-ring (bicyclic) bond motifs is 1. The van der Waals surface area contributed by atoms with Crippen LogP contribution >= 0.6 is 11.3 Å². The average molecular weight is 489 g/mol. The molecule has 0 radical (unpaired) electrons. The lowest BCUT2D eigenvalue weighted by Crippen LogP contribution is -2.15. The number of carbonyl (C=O) groups is 2. The van der Waals surface area contributed by atoms with Gasteiger partial charge in [-0.05, 0) is 43.5 Å². The molecule has 35 heavy (non-hydrogen) atoms. The molecule has 1 amide bonds. The Morgan fingerprint density at radius 1 is 1.09 bits per heavy atom. The number of thiazole rings is 1. The number of rotatable bonds is 8. The second-order valence-corrected chi connectivity index (χ2v) is 9.05. The van der Waals surface area contributed by atoms with Crippen LogP contribution < -0.4 is 10.1 Å². The third-order valence-corrected chi connectivity index (χ3v) is 6.67. The molecule has 4 aromatic rings. The molecule has 2 heterocycles. The largest absolute Gasteiger partial charge is 0.495 e. The Labute approximate surface area is 206 Å². The first-order valence-corrected chi connectivity index (χ1v) is 12.2. The molecule has 8 nitrogen and oxygen atoms in total. The van der Waals surface area contributed by atoms with Gasteiger partial charge in [-0.3, -0.25) is 4.79 Å². The van der Waals surface area contributed by atoms with Gasteiger partial charge >= 0.3 is 5.97 Å². The van der Waals surface area contributed by atoms with Crippen LogP contribution in [-0.2, 0) is 35.4 Å². The summed E-state index contributed by atoms with van der Waals surface area (Å²) in [6.45, 7) is 0.0242. The number of nitrogens with zero attached hydrogens (tertiary/aromatic N) is 3. The molecule has 1 aliphatic rings. The van der Waals surface area contributed by atoms with E-state index in [-0.39, 0.29) is 18.9 Å². The molecule has 0 spiro atoms. The van der Waals surface area contributed by atoms with E-state index in [0.717, 1.165) is 36.2 Å². The van der Waals surface area contributed by atoms with Crippen molar-refractivity contribution in [2.24, 2.45) is 0 Å². The van der Waals surface area contributed by atoms with Crippen LogP contribution in [0.5, 0.6) is 5.75 Å². The predicted octanol–water partition coefficient (Wildman–Crippen LogP) is 4.36. The molecule has 5 rings (SSSR count). The molecule has 0 saturated carbocycles. The number of amides is 1. The predicted molar refractivity (Wildman–Crippen MR) is 132 cm³/mol. The maximum Gasteiger partial charge on any atom is 0.359 e. The van der Waals surface area contributed by atoms with Gasteiger partial charge in [-0.2, -0.15) is 5.10 Å². The summed E-state index contributed by atoms with van der Waals surface area (Å²) in [4.78, 5) is 29.8. The van der Waals surface area contributed by atoms with Crippen LogP contribution in [-0.4, -0.2) is 33.8 Å². The van der Waals surface area contributed by atoms with Gasteiger partial charge in [-0.1, -0.05) is 30.3 Å². The average Bonchev–Trinajstić information content (AvgIpc) is 3.60. The number of hydrogen-bond donors (Lipinski definition) is 1. The third kappa shape index (κ3) is 4.95.